The number of fused-ring (bicyclic) bond motifs is 1. The molecule has 6 heteroatoms. The number of hydrogen-bond donors (Lipinski definition) is 2. The SMILES string of the molecule is CC(C(=O)c1ccc2c(c1)CCOC2)C1CN(C(=O)O)CCN1. The van der Waals surface area contributed by atoms with Crippen molar-refractivity contribution in [2.75, 3.05) is 26.2 Å². The second-order valence-corrected chi connectivity index (χ2v) is 6.23. The Balaban J connectivity index is 1.73. The zero-order valence-corrected chi connectivity index (χ0v) is 13.2. The van der Waals surface area contributed by atoms with Crippen molar-refractivity contribution < 1.29 is 19.4 Å². The summed E-state index contributed by atoms with van der Waals surface area (Å²) < 4.78 is 5.42. The zero-order valence-electron chi connectivity index (χ0n) is 13.2. The highest BCUT2D eigenvalue weighted by molar-refractivity contribution is 5.98. The lowest BCUT2D eigenvalue weighted by Gasteiger charge is -2.34. The van der Waals surface area contributed by atoms with E-state index in [0.29, 0.717) is 38.4 Å². The van der Waals surface area contributed by atoms with Gasteiger partial charge in [-0.15, -0.1) is 0 Å². The number of ketones is 1. The van der Waals surface area contributed by atoms with Crippen molar-refractivity contribution in [1.29, 1.82) is 0 Å². The number of carboxylic acid groups (broad SMARTS) is 1. The zero-order chi connectivity index (χ0) is 16.4. The Bertz CT molecular complexity index is 617. The molecule has 1 aromatic rings. The van der Waals surface area contributed by atoms with Crippen LogP contribution in [0.1, 0.15) is 28.4 Å². The first-order valence-electron chi connectivity index (χ1n) is 8.01. The number of hydrogen-bond acceptors (Lipinski definition) is 4. The molecule has 1 aromatic carbocycles. The number of nitrogens with zero attached hydrogens (tertiary/aromatic N) is 1. The van der Waals surface area contributed by atoms with Gasteiger partial charge in [0, 0.05) is 37.2 Å². The van der Waals surface area contributed by atoms with Crippen LogP contribution >= 0.6 is 0 Å². The summed E-state index contributed by atoms with van der Waals surface area (Å²) >= 11 is 0. The summed E-state index contributed by atoms with van der Waals surface area (Å²) in [6.45, 7) is 4.56. The largest absolute Gasteiger partial charge is 0.465 e. The highest BCUT2D eigenvalue weighted by Gasteiger charge is 2.31. The van der Waals surface area contributed by atoms with E-state index in [2.05, 4.69) is 5.32 Å². The number of Topliss-reactive ketones (excluding diaryl/α,β-unsaturated/α-hetero) is 1. The fourth-order valence-corrected chi connectivity index (χ4v) is 3.25. The van der Waals surface area contributed by atoms with Crippen LogP contribution in [0.4, 0.5) is 4.79 Å². The minimum absolute atomic E-state index is 0.0593. The third-order valence-electron chi connectivity index (χ3n) is 4.76. The monoisotopic (exact) mass is 318 g/mol. The minimum Gasteiger partial charge on any atom is -0.465 e. The van der Waals surface area contributed by atoms with Gasteiger partial charge in [0.15, 0.2) is 5.78 Å². The van der Waals surface area contributed by atoms with Gasteiger partial charge in [-0.2, -0.15) is 0 Å². The van der Waals surface area contributed by atoms with Crippen LogP contribution in [-0.2, 0) is 17.8 Å². The van der Waals surface area contributed by atoms with Crippen molar-refractivity contribution in [3.63, 3.8) is 0 Å². The summed E-state index contributed by atoms with van der Waals surface area (Å²) in [5.74, 6) is -0.209. The molecule has 1 fully saturated rings. The van der Waals surface area contributed by atoms with Crippen molar-refractivity contribution in [3.05, 3.63) is 34.9 Å². The summed E-state index contributed by atoms with van der Waals surface area (Å²) in [6, 6.07) is 5.64. The first-order valence-corrected chi connectivity index (χ1v) is 8.01. The Morgan fingerprint density at radius 3 is 3.00 bits per heavy atom. The van der Waals surface area contributed by atoms with Crippen molar-refractivity contribution >= 4 is 11.9 Å². The quantitative estimate of drug-likeness (QED) is 0.826. The van der Waals surface area contributed by atoms with Gasteiger partial charge in [0.1, 0.15) is 0 Å². The van der Waals surface area contributed by atoms with Crippen LogP contribution in [0.15, 0.2) is 18.2 Å². The lowest BCUT2D eigenvalue weighted by atomic mass is 9.89. The van der Waals surface area contributed by atoms with Crippen molar-refractivity contribution in [2.45, 2.75) is 26.0 Å². The molecular weight excluding hydrogens is 296 g/mol. The molecule has 2 atom stereocenters. The number of carbonyl (C=O) groups excluding carboxylic acids is 1. The van der Waals surface area contributed by atoms with E-state index in [1.807, 2.05) is 25.1 Å². The highest BCUT2D eigenvalue weighted by Crippen LogP contribution is 2.22. The fraction of sp³-hybridized carbons (Fsp3) is 0.529. The lowest BCUT2D eigenvalue weighted by molar-refractivity contribution is 0.0837. The number of ether oxygens (including phenoxy) is 1. The Morgan fingerprint density at radius 2 is 2.22 bits per heavy atom. The highest BCUT2D eigenvalue weighted by atomic mass is 16.5. The standard InChI is InChI=1S/C17H22N2O4/c1-11(15-9-19(17(21)22)6-5-18-15)16(20)13-2-3-14-10-23-7-4-12(14)8-13/h2-3,8,11,15,18H,4-7,9-10H2,1H3,(H,21,22). The molecule has 2 N–H and O–H groups in total. The van der Waals surface area contributed by atoms with Crippen molar-refractivity contribution in [1.82, 2.24) is 10.2 Å². The molecule has 1 amide bonds. The molecule has 0 aliphatic carbocycles. The molecule has 23 heavy (non-hydrogen) atoms. The maximum absolute atomic E-state index is 12.8. The van der Waals surface area contributed by atoms with Crippen LogP contribution < -0.4 is 5.32 Å². The van der Waals surface area contributed by atoms with Gasteiger partial charge in [-0.25, -0.2) is 4.79 Å². The summed E-state index contributed by atoms with van der Waals surface area (Å²) in [4.78, 5) is 25.3. The van der Waals surface area contributed by atoms with E-state index in [0.717, 1.165) is 12.0 Å². The smallest absolute Gasteiger partial charge is 0.407 e. The molecule has 2 aliphatic heterocycles. The topological polar surface area (TPSA) is 78.9 Å². The van der Waals surface area contributed by atoms with Gasteiger partial charge in [0.25, 0.3) is 0 Å². The first-order chi connectivity index (χ1) is 11.1. The molecule has 0 aromatic heterocycles. The van der Waals surface area contributed by atoms with Crippen molar-refractivity contribution in [3.8, 4) is 0 Å². The fourth-order valence-electron chi connectivity index (χ4n) is 3.25. The van der Waals surface area contributed by atoms with Crippen molar-refractivity contribution in [2.24, 2.45) is 5.92 Å². The van der Waals surface area contributed by atoms with Gasteiger partial charge in [0.2, 0.25) is 0 Å². The molecule has 0 spiro atoms. The van der Waals surface area contributed by atoms with E-state index < -0.39 is 6.09 Å². The second-order valence-electron chi connectivity index (χ2n) is 6.23. The van der Waals surface area contributed by atoms with Gasteiger partial charge in [-0.1, -0.05) is 19.1 Å². The number of carbonyl (C=O) groups is 2. The Hall–Kier alpha value is -1.92. The van der Waals surface area contributed by atoms with Crippen LogP contribution in [0.2, 0.25) is 0 Å². The number of piperazine rings is 1. The van der Waals surface area contributed by atoms with E-state index in [-0.39, 0.29) is 17.7 Å². The maximum Gasteiger partial charge on any atom is 0.407 e. The van der Waals surface area contributed by atoms with Crippen LogP contribution in [0, 0.1) is 5.92 Å². The Kier molecular flexibility index (Phi) is 4.63. The van der Waals surface area contributed by atoms with Crippen LogP contribution in [-0.4, -0.2) is 54.2 Å². The summed E-state index contributed by atoms with van der Waals surface area (Å²) in [7, 11) is 0. The molecule has 2 aliphatic rings. The molecule has 2 heterocycles. The average Bonchev–Trinajstić information content (AvgIpc) is 2.60. The Morgan fingerprint density at radius 1 is 1.39 bits per heavy atom. The van der Waals surface area contributed by atoms with Crippen LogP contribution in [0.5, 0.6) is 0 Å². The van der Waals surface area contributed by atoms with E-state index in [9.17, 15) is 9.59 Å². The molecule has 6 nitrogen and oxygen atoms in total. The molecular formula is C17H22N2O4. The van der Waals surface area contributed by atoms with E-state index in [4.69, 9.17) is 9.84 Å². The number of benzene rings is 1. The summed E-state index contributed by atoms with van der Waals surface area (Å²) in [5, 5.41) is 12.4. The van der Waals surface area contributed by atoms with Gasteiger partial charge in [-0.05, 0) is 23.6 Å². The van der Waals surface area contributed by atoms with Gasteiger partial charge >= 0.3 is 6.09 Å². The summed E-state index contributed by atoms with van der Waals surface area (Å²) in [5.41, 5.74) is 3.03. The number of rotatable bonds is 3. The number of nitrogens with one attached hydrogen (secondary N) is 1. The van der Waals surface area contributed by atoms with E-state index in [1.54, 1.807) is 0 Å². The third kappa shape index (κ3) is 3.38. The predicted molar refractivity (Wildman–Crippen MR) is 84.7 cm³/mol. The van der Waals surface area contributed by atoms with Gasteiger partial charge in [0.05, 0.1) is 13.2 Å². The minimum atomic E-state index is -0.926. The molecule has 3 rings (SSSR count). The predicted octanol–water partition coefficient (Wildman–Crippen LogP) is 1.53. The maximum atomic E-state index is 12.8. The molecule has 1 saturated heterocycles. The lowest BCUT2D eigenvalue weighted by Crippen LogP contribution is -2.55. The molecule has 0 bridgehead atoms. The van der Waals surface area contributed by atoms with E-state index in [1.165, 1.54) is 10.5 Å². The average molecular weight is 318 g/mol. The second kappa shape index (κ2) is 6.68. The number of amides is 1. The molecule has 0 radical (unpaired) electrons. The first kappa shape index (κ1) is 16.0. The van der Waals surface area contributed by atoms with Gasteiger partial charge in [-0.3, -0.25) is 4.79 Å². The normalized spacial score (nSPS) is 22.3. The van der Waals surface area contributed by atoms with Crippen LogP contribution in [0.25, 0.3) is 0 Å². The van der Waals surface area contributed by atoms with E-state index >= 15 is 0 Å². The molecule has 124 valence electrons. The molecule has 2 unspecified atom stereocenters. The third-order valence-corrected chi connectivity index (χ3v) is 4.76. The summed E-state index contributed by atoms with van der Waals surface area (Å²) in [6.07, 6.45) is -0.0933. The Labute approximate surface area is 135 Å². The molecule has 0 saturated carbocycles. The van der Waals surface area contributed by atoms with Crippen LogP contribution in [0.3, 0.4) is 0 Å². The van der Waals surface area contributed by atoms with Gasteiger partial charge < -0.3 is 20.1 Å².